The second kappa shape index (κ2) is 5.75. The van der Waals surface area contributed by atoms with E-state index in [9.17, 15) is 13.6 Å². The highest BCUT2D eigenvalue weighted by Crippen LogP contribution is 2.22. The number of halogens is 2. The summed E-state index contributed by atoms with van der Waals surface area (Å²) in [7, 11) is 0. The van der Waals surface area contributed by atoms with E-state index in [-0.39, 0.29) is 23.3 Å². The number of rotatable bonds is 2. The minimum atomic E-state index is -1.08. The molecule has 0 aliphatic carbocycles. The molecule has 20 heavy (non-hydrogen) atoms. The van der Waals surface area contributed by atoms with Gasteiger partial charge in [-0.05, 0) is 32.8 Å². The van der Waals surface area contributed by atoms with Crippen LogP contribution in [-0.4, -0.2) is 23.0 Å². The number of nitrogens with one attached hydrogen (secondary N) is 1. The van der Waals surface area contributed by atoms with E-state index in [1.54, 1.807) is 0 Å². The molecule has 4 nitrogen and oxygen atoms in total. The van der Waals surface area contributed by atoms with Gasteiger partial charge in [0.15, 0.2) is 11.6 Å². The third-order valence-electron chi connectivity index (χ3n) is 3.76. The van der Waals surface area contributed by atoms with Gasteiger partial charge in [0, 0.05) is 23.8 Å². The average Bonchev–Trinajstić information content (AvgIpc) is 2.38. The van der Waals surface area contributed by atoms with Crippen LogP contribution in [0.25, 0.3) is 0 Å². The third kappa shape index (κ3) is 2.90. The molecule has 1 aromatic carbocycles. The van der Waals surface area contributed by atoms with Crippen LogP contribution in [0.15, 0.2) is 12.1 Å². The highest BCUT2D eigenvalue weighted by Gasteiger charge is 2.27. The van der Waals surface area contributed by atoms with Gasteiger partial charge >= 0.3 is 0 Å². The second-order valence-corrected chi connectivity index (χ2v) is 5.33. The summed E-state index contributed by atoms with van der Waals surface area (Å²) in [4.78, 5) is 12.2. The predicted molar refractivity (Wildman–Crippen MR) is 72.9 cm³/mol. The summed E-state index contributed by atoms with van der Waals surface area (Å²) < 4.78 is 26.2. The molecule has 0 saturated carbocycles. The molecule has 1 aliphatic rings. The lowest BCUT2D eigenvalue weighted by atomic mass is 10.00. The molecule has 1 aliphatic heterocycles. The Hall–Kier alpha value is -1.69. The van der Waals surface area contributed by atoms with Crippen LogP contribution in [0, 0.1) is 11.6 Å². The van der Waals surface area contributed by atoms with E-state index in [4.69, 9.17) is 5.73 Å². The zero-order valence-electron chi connectivity index (χ0n) is 11.6. The Labute approximate surface area is 116 Å². The number of nitrogens with zero attached hydrogens (tertiary/aromatic N) is 1. The molecule has 1 heterocycles. The van der Waals surface area contributed by atoms with Crippen molar-refractivity contribution in [1.82, 2.24) is 10.4 Å². The summed E-state index contributed by atoms with van der Waals surface area (Å²) in [6.07, 6.45) is 3.08. The molecule has 1 amide bonds. The molecular formula is C14H19F2N3O. The summed E-state index contributed by atoms with van der Waals surface area (Å²) in [6, 6.07) is 2.07. The van der Waals surface area contributed by atoms with Gasteiger partial charge in [0.25, 0.3) is 5.91 Å². The number of hydrogen-bond acceptors (Lipinski definition) is 3. The maximum absolute atomic E-state index is 13.2. The Morgan fingerprint density at radius 1 is 1.25 bits per heavy atom. The van der Waals surface area contributed by atoms with Crippen LogP contribution in [0.4, 0.5) is 14.5 Å². The highest BCUT2D eigenvalue weighted by molar-refractivity contribution is 5.98. The van der Waals surface area contributed by atoms with Crippen molar-refractivity contribution in [2.24, 2.45) is 0 Å². The molecule has 1 fully saturated rings. The first kappa shape index (κ1) is 14.7. The van der Waals surface area contributed by atoms with Gasteiger partial charge in [-0.1, -0.05) is 6.42 Å². The Morgan fingerprint density at radius 2 is 1.80 bits per heavy atom. The molecule has 1 saturated heterocycles. The van der Waals surface area contributed by atoms with Crippen LogP contribution in [-0.2, 0) is 0 Å². The quantitative estimate of drug-likeness (QED) is 0.820. The van der Waals surface area contributed by atoms with Crippen molar-refractivity contribution in [3.05, 3.63) is 29.3 Å². The largest absolute Gasteiger partial charge is 0.398 e. The van der Waals surface area contributed by atoms with Crippen molar-refractivity contribution in [1.29, 1.82) is 0 Å². The molecule has 3 N–H and O–H groups in total. The first-order valence-electron chi connectivity index (χ1n) is 6.74. The molecule has 1 aromatic rings. The number of benzene rings is 1. The highest BCUT2D eigenvalue weighted by atomic mass is 19.2. The Bertz CT molecular complexity index is 511. The number of nitrogen functional groups attached to an aromatic ring is 1. The van der Waals surface area contributed by atoms with Crippen LogP contribution >= 0.6 is 0 Å². The number of nitrogens with two attached hydrogens (primary N) is 1. The number of carbonyl (C=O) groups excluding carboxylic acids is 1. The Kier molecular flexibility index (Phi) is 4.23. The van der Waals surface area contributed by atoms with Gasteiger partial charge in [0.2, 0.25) is 0 Å². The second-order valence-electron chi connectivity index (χ2n) is 5.33. The van der Waals surface area contributed by atoms with Crippen LogP contribution in [0.1, 0.15) is 43.5 Å². The van der Waals surface area contributed by atoms with Crippen LogP contribution < -0.4 is 11.2 Å². The van der Waals surface area contributed by atoms with Crippen LogP contribution in [0.3, 0.4) is 0 Å². The summed E-state index contributed by atoms with van der Waals surface area (Å²) in [5, 5.41) is 1.85. The Morgan fingerprint density at radius 3 is 2.40 bits per heavy atom. The normalized spacial score (nSPS) is 23.6. The fourth-order valence-corrected chi connectivity index (χ4v) is 2.58. The minimum absolute atomic E-state index is 0.0473. The topological polar surface area (TPSA) is 58.4 Å². The fraction of sp³-hybridized carbons (Fsp3) is 0.500. The molecular weight excluding hydrogens is 264 g/mol. The monoisotopic (exact) mass is 283 g/mol. The summed E-state index contributed by atoms with van der Waals surface area (Å²) >= 11 is 0. The van der Waals surface area contributed by atoms with Crippen molar-refractivity contribution < 1.29 is 13.6 Å². The van der Waals surface area contributed by atoms with Gasteiger partial charge in [0.1, 0.15) is 0 Å². The van der Waals surface area contributed by atoms with Crippen molar-refractivity contribution in [3.63, 3.8) is 0 Å². The van der Waals surface area contributed by atoms with E-state index in [0.717, 1.165) is 31.4 Å². The maximum atomic E-state index is 13.2. The van der Waals surface area contributed by atoms with E-state index >= 15 is 0 Å². The molecule has 0 bridgehead atoms. The summed E-state index contributed by atoms with van der Waals surface area (Å²) in [5.41, 5.74) is 8.21. The first-order valence-corrected chi connectivity index (χ1v) is 6.74. The Balaban J connectivity index is 2.17. The number of amides is 1. The third-order valence-corrected chi connectivity index (χ3v) is 3.76. The molecule has 6 heteroatoms. The van der Waals surface area contributed by atoms with Gasteiger partial charge in [-0.2, -0.15) is 0 Å². The smallest absolute Gasteiger partial charge is 0.267 e. The standard InChI is InChI=1S/C14H19F2N3O/c1-8-4-3-5-9(2)19(8)18-14(20)10-6-11(15)12(16)7-13(10)17/h6-9H,3-5,17H2,1-2H3,(H,18,20). The number of hydrogen-bond donors (Lipinski definition) is 2. The SMILES string of the molecule is CC1CCCC(C)N1NC(=O)c1cc(F)c(F)cc1N. The summed E-state index contributed by atoms with van der Waals surface area (Å²) in [5.74, 6) is -2.65. The van der Waals surface area contributed by atoms with Crippen LogP contribution in [0.5, 0.6) is 0 Å². The molecule has 110 valence electrons. The molecule has 0 radical (unpaired) electrons. The number of piperidine rings is 1. The first-order chi connectivity index (χ1) is 9.40. The van der Waals surface area contributed by atoms with Gasteiger partial charge in [-0.25, -0.2) is 13.8 Å². The van der Waals surface area contributed by atoms with Gasteiger partial charge < -0.3 is 5.73 Å². The molecule has 2 rings (SSSR count). The van der Waals surface area contributed by atoms with E-state index in [1.165, 1.54) is 0 Å². The zero-order chi connectivity index (χ0) is 14.9. The number of carbonyl (C=O) groups is 1. The minimum Gasteiger partial charge on any atom is -0.398 e. The van der Waals surface area contributed by atoms with Crippen molar-refractivity contribution in [2.75, 3.05) is 5.73 Å². The van der Waals surface area contributed by atoms with Crippen LogP contribution in [0.2, 0.25) is 0 Å². The fourth-order valence-electron chi connectivity index (χ4n) is 2.58. The van der Waals surface area contributed by atoms with Gasteiger partial charge in [0.05, 0.1) is 5.56 Å². The van der Waals surface area contributed by atoms with Crippen molar-refractivity contribution in [3.8, 4) is 0 Å². The van der Waals surface area contributed by atoms with Crippen molar-refractivity contribution in [2.45, 2.75) is 45.2 Å². The molecule has 0 spiro atoms. The number of anilines is 1. The van der Waals surface area contributed by atoms with E-state index < -0.39 is 17.5 Å². The lowest BCUT2D eigenvalue weighted by Gasteiger charge is -2.38. The summed E-state index contributed by atoms with van der Waals surface area (Å²) in [6.45, 7) is 4.04. The molecule has 2 atom stereocenters. The van der Waals surface area contributed by atoms with E-state index in [0.29, 0.717) is 0 Å². The average molecular weight is 283 g/mol. The lowest BCUT2D eigenvalue weighted by molar-refractivity contribution is 0.0370. The van der Waals surface area contributed by atoms with E-state index in [1.807, 2.05) is 18.9 Å². The van der Waals surface area contributed by atoms with Gasteiger partial charge in [-0.3, -0.25) is 10.2 Å². The lowest BCUT2D eigenvalue weighted by Crippen LogP contribution is -2.54. The maximum Gasteiger partial charge on any atom is 0.267 e. The molecule has 0 aromatic heterocycles. The zero-order valence-corrected chi connectivity index (χ0v) is 11.6. The predicted octanol–water partition coefficient (Wildman–Crippen LogP) is 2.45. The van der Waals surface area contributed by atoms with Crippen molar-refractivity contribution >= 4 is 11.6 Å². The van der Waals surface area contributed by atoms with E-state index in [2.05, 4.69) is 5.43 Å². The molecule has 2 unspecified atom stereocenters. The van der Waals surface area contributed by atoms with Gasteiger partial charge in [-0.15, -0.1) is 0 Å². The number of hydrazine groups is 1.